The third-order valence-electron chi connectivity index (χ3n) is 4.41. The predicted octanol–water partition coefficient (Wildman–Crippen LogP) is 3.96. The fourth-order valence-electron chi connectivity index (χ4n) is 3.02. The largest absolute Gasteiger partial charge is 0.444 e. The zero-order chi connectivity index (χ0) is 22.3. The third kappa shape index (κ3) is 7.72. The number of aliphatic hydroxyl groups is 1. The van der Waals surface area contributed by atoms with Crippen LogP contribution in [0.4, 0.5) is 13.6 Å². The Kier molecular flexibility index (Phi) is 8.32. The van der Waals surface area contributed by atoms with Gasteiger partial charge in [-0.05, 0) is 56.0 Å². The third-order valence-corrected chi connectivity index (χ3v) is 4.41. The van der Waals surface area contributed by atoms with Gasteiger partial charge in [-0.1, -0.05) is 36.4 Å². The number of amides is 1. The van der Waals surface area contributed by atoms with Crippen LogP contribution in [0, 0.1) is 5.82 Å². The van der Waals surface area contributed by atoms with Crippen molar-refractivity contribution in [3.8, 4) is 0 Å². The van der Waals surface area contributed by atoms with Crippen molar-refractivity contribution in [2.75, 3.05) is 6.54 Å². The minimum atomic E-state index is -1.04. The van der Waals surface area contributed by atoms with Crippen molar-refractivity contribution in [1.82, 2.24) is 4.90 Å². The second kappa shape index (κ2) is 10.5. The van der Waals surface area contributed by atoms with Crippen LogP contribution in [-0.4, -0.2) is 40.4 Å². The molecule has 2 atom stereocenters. The Morgan fingerprint density at radius 3 is 2.37 bits per heavy atom. The zero-order valence-corrected chi connectivity index (χ0v) is 17.6. The van der Waals surface area contributed by atoms with Gasteiger partial charge in [-0.2, -0.15) is 0 Å². The Labute approximate surface area is 176 Å². The molecule has 0 bridgehead atoms. The number of nitrogens with zero attached hydrogens (tertiary/aromatic N) is 1. The van der Waals surface area contributed by atoms with Crippen molar-refractivity contribution < 1.29 is 23.4 Å². The van der Waals surface area contributed by atoms with E-state index in [9.17, 15) is 18.7 Å². The van der Waals surface area contributed by atoms with E-state index < -0.39 is 36.3 Å². The number of aliphatic hydroxyl groups excluding tert-OH is 1. The van der Waals surface area contributed by atoms with E-state index in [1.165, 1.54) is 17.0 Å². The number of nitrogens with two attached hydrogens (primary N) is 1. The van der Waals surface area contributed by atoms with Gasteiger partial charge < -0.3 is 20.5 Å². The fraction of sp³-hybridized carbons (Fsp3) is 0.435. The Hall–Kier alpha value is -2.51. The molecule has 0 unspecified atom stereocenters. The van der Waals surface area contributed by atoms with Gasteiger partial charge in [0.05, 0.1) is 12.6 Å². The Morgan fingerprint density at radius 1 is 1.13 bits per heavy atom. The summed E-state index contributed by atoms with van der Waals surface area (Å²) in [5.74, 6) is -0.592. The highest BCUT2D eigenvalue weighted by molar-refractivity contribution is 5.68. The summed E-state index contributed by atoms with van der Waals surface area (Å²) in [6.45, 7) is 4.21. The topological polar surface area (TPSA) is 75.8 Å². The minimum Gasteiger partial charge on any atom is -0.444 e. The normalized spacial score (nSPS) is 13.6. The van der Waals surface area contributed by atoms with E-state index in [1.807, 2.05) is 30.3 Å². The van der Waals surface area contributed by atoms with Crippen molar-refractivity contribution in [3.05, 3.63) is 71.0 Å². The number of carbonyl (C=O) groups is 1. The van der Waals surface area contributed by atoms with Crippen molar-refractivity contribution >= 4 is 6.09 Å². The average molecular weight is 421 g/mol. The van der Waals surface area contributed by atoms with Crippen LogP contribution in [0.1, 0.15) is 37.5 Å². The summed E-state index contributed by atoms with van der Waals surface area (Å²) in [5, 5.41) is 10.6. The molecule has 0 fully saturated rings. The van der Waals surface area contributed by atoms with Crippen LogP contribution in [0.2, 0.25) is 0 Å². The summed E-state index contributed by atoms with van der Waals surface area (Å²) < 4.78 is 32.2. The molecular formula is C23H30F2N2O3. The lowest BCUT2D eigenvalue weighted by Crippen LogP contribution is -2.47. The Morgan fingerprint density at radius 2 is 1.77 bits per heavy atom. The van der Waals surface area contributed by atoms with Crippen molar-refractivity contribution in [1.29, 1.82) is 0 Å². The van der Waals surface area contributed by atoms with Crippen LogP contribution in [0.5, 0.6) is 0 Å². The number of hydrogen-bond donors (Lipinski definition) is 2. The molecule has 0 aliphatic carbocycles. The Balaban J connectivity index is 2.16. The number of alkyl halides is 1. The fourth-order valence-corrected chi connectivity index (χ4v) is 3.02. The van der Waals surface area contributed by atoms with Gasteiger partial charge in [-0.15, -0.1) is 0 Å². The van der Waals surface area contributed by atoms with Gasteiger partial charge in [-0.3, -0.25) is 0 Å². The molecule has 0 heterocycles. The van der Waals surface area contributed by atoms with Crippen molar-refractivity contribution in [3.63, 3.8) is 0 Å². The van der Waals surface area contributed by atoms with Gasteiger partial charge in [0, 0.05) is 12.6 Å². The number of hydrogen-bond acceptors (Lipinski definition) is 4. The molecule has 0 spiro atoms. The van der Waals surface area contributed by atoms with E-state index in [4.69, 9.17) is 10.5 Å². The van der Waals surface area contributed by atoms with E-state index in [1.54, 1.807) is 20.8 Å². The van der Waals surface area contributed by atoms with Gasteiger partial charge in [0.1, 0.15) is 18.1 Å². The summed E-state index contributed by atoms with van der Waals surface area (Å²) in [6, 6.07) is 12.7. The molecule has 30 heavy (non-hydrogen) atoms. The van der Waals surface area contributed by atoms with Crippen LogP contribution >= 0.6 is 0 Å². The number of carbonyl (C=O) groups excluding carboxylic acids is 1. The molecule has 2 aromatic rings. The van der Waals surface area contributed by atoms with E-state index in [2.05, 4.69) is 0 Å². The summed E-state index contributed by atoms with van der Waals surface area (Å²) in [5.41, 5.74) is 6.94. The highest BCUT2D eigenvalue weighted by Crippen LogP contribution is 2.17. The lowest BCUT2D eigenvalue weighted by molar-refractivity contribution is 0.00992. The Bertz CT molecular complexity index is 825. The molecule has 0 aliphatic heterocycles. The van der Waals surface area contributed by atoms with Crippen LogP contribution in [-0.2, 0) is 24.4 Å². The van der Waals surface area contributed by atoms with Crippen LogP contribution < -0.4 is 5.73 Å². The van der Waals surface area contributed by atoms with E-state index >= 15 is 0 Å². The first kappa shape index (κ1) is 23.8. The molecular weight excluding hydrogens is 390 g/mol. The number of ether oxygens (including phenoxy) is 1. The van der Waals surface area contributed by atoms with Gasteiger partial charge >= 0.3 is 6.09 Å². The van der Waals surface area contributed by atoms with Gasteiger partial charge in [0.25, 0.3) is 0 Å². The number of benzene rings is 2. The van der Waals surface area contributed by atoms with Crippen molar-refractivity contribution in [2.24, 2.45) is 5.73 Å². The summed E-state index contributed by atoms with van der Waals surface area (Å²) in [4.78, 5) is 14.0. The summed E-state index contributed by atoms with van der Waals surface area (Å²) in [7, 11) is 0. The maximum atomic E-state index is 13.8. The smallest absolute Gasteiger partial charge is 0.410 e. The second-order valence-electron chi connectivity index (χ2n) is 8.38. The molecule has 164 valence electrons. The first-order valence-electron chi connectivity index (χ1n) is 9.87. The molecule has 0 saturated carbocycles. The number of rotatable bonds is 8. The van der Waals surface area contributed by atoms with E-state index in [0.29, 0.717) is 12.0 Å². The number of halogens is 2. The molecule has 0 saturated heterocycles. The summed E-state index contributed by atoms with van der Waals surface area (Å²) >= 11 is 0. The predicted molar refractivity (Wildman–Crippen MR) is 112 cm³/mol. The second-order valence-corrected chi connectivity index (χ2v) is 8.38. The maximum absolute atomic E-state index is 13.8. The first-order chi connectivity index (χ1) is 14.1. The summed E-state index contributed by atoms with van der Waals surface area (Å²) in [6.07, 6.45) is -1.28. The van der Waals surface area contributed by atoms with E-state index in [-0.39, 0.29) is 18.7 Å². The quantitative estimate of drug-likeness (QED) is 0.678. The van der Waals surface area contributed by atoms with Crippen molar-refractivity contribution in [2.45, 2.75) is 58.2 Å². The molecule has 0 aromatic heterocycles. The highest BCUT2D eigenvalue weighted by Gasteiger charge is 2.27. The SMILES string of the molecule is CC(C)(C)OC(=O)N(Cc1cc(F)cc(CF)c1)C[C@@H](O)[C@@H](N)Cc1ccccc1. The maximum Gasteiger partial charge on any atom is 0.410 e. The molecule has 0 radical (unpaired) electrons. The molecule has 7 heteroatoms. The highest BCUT2D eigenvalue weighted by atomic mass is 19.1. The van der Waals surface area contributed by atoms with E-state index in [0.717, 1.165) is 11.6 Å². The van der Waals surface area contributed by atoms with Crippen LogP contribution in [0.3, 0.4) is 0 Å². The average Bonchev–Trinajstić information content (AvgIpc) is 2.66. The lowest BCUT2D eigenvalue weighted by atomic mass is 10.0. The monoisotopic (exact) mass is 420 g/mol. The standard InChI is InChI=1S/C23H30F2N2O3/c1-23(2,3)30-22(29)27(14-18-9-17(13-24)10-19(25)11-18)15-21(28)20(26)12-16-7-5-4-6-8-16/h4-11,20-21,28H,12-15,26H2,1-3H3/t20-,21+/m0/s1. The van der Waals surface area contributed by atoms with Gasteiger partial charge in [0.15, 0.2) is 0 Å². The molecule has 2 aromatic carbocycles. The lowest BCUT2D eigenvalue weighted by Gasteiger charge is -2.30. The van der Waals surface area contributed by atoms with Gasteiger partial charge in [0.2, 0.25) is 0 Å². The van der Waals surface area contributed by atoms with Crippen LogP contribution in [0.25, 0.3) is 0 Å². The van der Waals surface area contributed by atoms with Crippen LogP contribution in [0.15, 0.2) is 48.5 Å². The molecule has 3 N–H and O–H groups in total. The molecule has 0 aliphatic rings. The van der Waals surface area contributed by atoms with Gasteiger partial charge in [-0.25, -0.2) is 13.6 Å². The minimum absolute atomic E-state index is 0.0468. The molecule has 5 nitrogen and oxygen atoms in total. The molecule has 1 amide bonds. The molecule has 2 rings (SSSR count). The zero-order valence-electron chi connectivity index (χ0n) is 17.6. The first-order valence-corrected chi connectivity index (χ1v) is 9.87.